The summed E-state index contributed by atoms with van der Waals surface area (Å²) in [5.74, 6) is 0.641. The van der Waals surface area contributed by atoms with Crippen molar-refractivity contribution in [2.24, 2.45) is 0 Å². The molecule has 0 aliphatic rings. The van der Waals surface area contributed by atoms with Gasteiger partial charge in [0.1, 0.15) is 5.75 Å². The average Bonchev–Trinajstić information content (AvgIpc) is 2.33. The molecule has 0 atom stereocenters. The molecule has 0 aliphatic carbocycles. The van der Waals surface area contributed by atoms with Crippen LogP contribution in [0, 0.1) is 0 Å². The average molecular weight is 237 g/mol. The van der Waals surface area contributed by atoms with Gasteiger partial charge in [0.2, 0.25) is 0 Å². The highest BCUT2D eigenvalue weighted by molar-refractivity contribution is 5.65. The van der Waals surface area contributed by atoms with Gasteiger partial charge in [-0.25, -0.2) is 0 Å². The molecule has 0 radical (unpaired) electrons. The summed E-state index contributed by atoms with van der Waals surface area (Å²) in [5, 5.41) is 3.28. The van der Waals surface area contributed by atoms with E-state index >= 15 is 0 Å². The minimum atomic E-state index is -0.224. The first kappa shape index (κ1) is 13.5. The number of hydrogen-bond acceptors (Lipinski definition) is 4. The van der Waals surface area contributed by atoms with Crippen molar-refractivity contribution in [2.45, 2.75) is 19.9 Å². The van der Waals surface area contributed by atoms with Crippen LogP contribution in [0.5, 0.6) is 5.75 Å². The lowest BCUT2D eigenvalue weighted by molar-refractivity contribution is -0.141. The van der Waals surface area contributed by atoms with Crippen LogP contribution < -0.4 is 10.1 Å². The zero-order valence-corrected chi connectivity index (χ0v) is 10.4. The number of benzene rings is 1. The normalized spacial score (nSPS) is 10.0. The quantitative estimate of drug-likeness (QED) is 0.579. The third-order valence-corrected chi connectivity index (χ3v) is 2.27. The molecule has 0 fully saturated rings. The molecular weight excluding hydrogens is 218 g/mol. The van der Waals surface area contributed by atoms with Crippen molar-refractivity contribution in [1.82, 2.24) is 5.32 Å². The summed E-state index contributed by atoms with van der Waals surface area (Å²) in [6.45, 7) is 3.51. The smallest absolute Gasteiger partial charge is 0.302 e. The molecule has 1 aromatic carbocycles. The maximum absolute atomic E-state index is 10.5. The van der Waals surface area contributed by atoms with Gasteiger partial charge in [0, 0.05) is 13.5 Å². The van der Waals surface area contributed by atoms with Crippen LogP contribution in [-0.4, -0.2) is 26.2 Å². The molecule has 1 N–H and O–H groups in total. The highest BCUT2D eigenvalue weighted by Gasteiger charge is 1.96. The Labute approximate surface area is 102 Å². The van der Waals surface area contributed by atoms with Gasteiger partial charge in [0.05, 0.1) is 13.7 Å². The van der Waals surface area contributed by atoms with Gasteiger partial charge in [-0.3, -0.25) is 4.79 Å². The fourth-order valence-electron chi connectivity index (χ4n) is 1.43. The Bertz CT molecular complexity index is 352. The second kappa shape index (κ2) is 7.68. The fraction of sp³-hybridized carbons (Fsp3) is 0.462. The summed E-state index contributed by atoms with van der Waals surface area (Å²) < 4.78 is 9.97. The maximum atomic E-state index is 10.5. The van der Waals surface area contributed by atoms with Crippen LogP contribution in [0.25, 0.3) is 0 Å². The summed E-state index contributed by atoms with van der Waals surface area (Å²) in [4.78, 5) is 10.5. The van der Waals surface area contributed by atoms with E-state index in [1.165, 1.54) is 12.5 Å². The first-order valence-corrected chi connectivity index (χ1v) is 5.69. The lowest BCUT2D eigenvalue weighted by Gasteiger charge is -2.06. The Kier molecular flexibility index (Phi) is 6.10. The molecule has 4 nitrogen and oxygen atoms in total. The molecular formula is C13H19NO3. The molecule has 0 saturated carbocycles. The van der Waals surface area contributed by atoms with Gasteiger partial charge in [-0.05, 0) is 30.7 Å². The molecule has 0 spiro atoms. The molecule has 4 heteroatoms. The van der Waals surface area contributed by atoms with E-state index in [0.717, 1.165) is 25.3 Å². The van der Waals surface area contributed by atoms with Gasteiger partial charge in [-0.2, -0.15) is 0 Å². The molecule has 0 amide bonds. The highest BCUT2D eigenvalue weighted by atomic mass is 16.5. The highest BCUT2D eigenvalue weighted by Crippen LogP contribution is 2.11. The predicted molar refractivity (Wildman–Crippen MR) is 66.0 cm³/mol. The molecule has 1 rings (SSSR count). The third-order valence-electron chi connectivity index (χ3n) is 2.27. The van der Waals surface area contributed by atoms with E-state index in [2.05, 4.69) is 5.32 Å². The summed E-state index contributed by atoms with van der Waals surface area (Å²) in [5.41, 5.74) is 1.18. The lowest BCUT2D eigenvalue weighted by Crippen LogP contribution is -2.16. The Morgan fingerprint density at radius 1 is 1.41 bits per heavy atom. The van der Waals surface area contributed by atoms with Gasteiger partial charge in [-0.15, -0.1) is 0 Å². The van der Waals surface area contributed by atoms with E-state index in [9.17, 15) is 4.79 Å². The van der Waals surface area contributed by atoms with Crippen LogP contribution in [0.2, 0.25) is 0 Å². The van der Waals surface area contributed by atoms with Crippen molar-refractivity contribution in [1.29, 1.82) is 0 Å². The zero-order chi connectivity index (χ0) is 12.5. The summed E-state index contributed by atoms with van der Waals surface area (Å²) in [6, 6.07) is 7.93. The molecule has 0 saturated heterocycles. The van der Waals surface area contributed by atoms with Gasteiger partial charge >= 0.3 is 5.97 Å². The Balaban J connectivity index is 2.15. The van der Waals surface area contributed by atoms with E-state index < -0.39 is 0 Å². The van der Waals surface area contributed by atoms with Crippen molar-refractivity contribution >= 4 is 5.97 Å². The monoisotopic (exact) mass is 237 g/mol. The van der Waals surface area contributed by atoms with Gasteiger partial charge in [0.15, 0.2) is 0 Å². The largest absolute Gasteiger partial charge is 0.497 e. The maximum Gasteiger partial charge on any atom is 0.302 e. The second-order valence-corrected chi connectivity index (χ2v) is 3.72. The molecule has 17 heavy (non-hydrogen) atoms. The van der Waals surface area contributed by atoms with E-state index in [1.807, 2.05) is 24.3 Å². The van der Waals surface area contributed by atoms with Crippen LogP contribution in [0.4, 0.5) is 0 Å². The van der Waals surface area contributed by atoms with Gasteiger partial charge < -0.3 is 14.8 Å². The first-order chi connectivity index (χ1) is 8.22. The van der Waals surface area contributed by atoms with Crippen LogP contribution in [-0.2, 0) is 16.1 Å². The number of esters is 1. The SMILES string of the molecule is COc1cccc(CNCCCOC(C)=O)c1. The summed E-state index contributed by atoms with van der Waals surface area (Å²) >= 11 is 0. The van der Waals surface area contributed by atoms with Crippen molar-refractivity contribution in [3.05, 3.63) is 29.8 Å². The van der Waals surface area contributed by atoms with Crippen molar-refractivity contribution in [2.75, 3.05) is 20.3 Å². The summed E-state index contributed by atoms with van der Waals surface area (Å²) in [6.07, 6.45) is 0.823. The molecule has 1 aromatic rings. The number of ether oxygens (including phenoxy) is 2. The van der Waals surface area contributed by atoms with Gasteiger partial charge in [0.25, 0.3) is 0 Å². The fourth-order valence-corrected chi connectivity index (χ4v) is 1.43. The number of carbonyl (C=O) groups is 1. The van der Waals surface area contributed by atoms with E-state index in [-0.39, 0.29) is 5.97 Å². The minimum absolute atomic E-state index is 0.224. The third kappa shape index (κ3) is 5.92. The number of rotatable bonds is 7. The molecule has 0 aromatic heterocycles. The molecule has 0 unspecified atom stereocenters. The van der Waals surface area contributed by atoms with Crippen molar-refractivity contribution < 1.29 is 14.3 Å². The van der Waals surface area contributed by atoms with E-state index in [1.54, 1.807) is 7.11 Å². The molecule has 94 valence electrons. The Morgan fingerprint density at radius 2 is 2.24 bits per heavy atom. The van der Waals surface area contributed by atoms with Crippen molar-refractivity contribution in [3.8, 4) is 5.75 Å². The number of carbonyl (C=O) groups excluding carboxylic acids is 1. The van der Waals surface area contributed by atoms with Crippen LogP contribution in [0.1, 0.15) is 18.9 Å². The lowest BCUT2D eigenvalue weighted by atomic mass is 10.2. The number of nitrogens with one attached hydrogen (secondary N) is 1. The predicted octanol–water partition coefficient (Wildman–Crippen LogP) is 1.74. The molecule has 0 bridgehead atoms. The minimum Gasteiger partial charge on any atom is -0.497 e. The topological polar surface area (TPSA) is 47.6 Å². The Hall–Kier alpha value is -1.55. The van der Waals surface area contributed by atoms with E-state index in [4.69, 9.17) is 9.47 Å². The zero-order valence-electron chi connectivity index (χ0n) is 10.4. The first-order valence-electron chi connectivity index (χ1n) is 5.69. The van der Waals surface area contributed by atoms with Crippen LogP contribution in [0.3, 0.4) is 0 Å². The van der Waals surface area contributed by atoms with E-state index in [0.29, 0.717) is 6.61 Å². The standard InChI is InChI=1S/C13H19NO3/c1-11(15)17-8-4-7-14-10-12-5-3-6-13(9-12)16-2/h3,5-6,9,14H,4,7-8,10H2,1-2H3. The van der Waals surface area contributed by atoms with Crippen molar-refractivity contribution in [3.63, 3.8) is 0 Å². The number of hydrogen-bond donors (Lipinski definition) is 1. The summed E-state index contributed by atoms with van der Waals surface area (Å²) in [7, 11) is 1.66. The van der Waals surface area contributed by atoms with Gasteiger partial charge in [-0.1, -0.05) is 12.1 Å². The number of methoxy groups -OCH3 is 1. The molecule has 0 heterocycles. The Morgan fingerprint density at radius 3 is 2.94 bits per heavy atom. The second-order valence-electron chi connectivity index (χ2n) is 3.72. The van der Waals surface area contributed by atoms with Crippen LogP contribution in [0.15, 0.2) is 24.3 Å². The van der Waals surface area contributed by atoms with Crippen LogP contribution >= 0.6 is 0 Å². The molecule has 0 aliphatic heterocycles.